The maximum absolute atomic E-state index is 10.9. The molecule has 0 fully saturated rings. The summed E-state index contributed by atoms with van der Waals surface area (Å²) in [7, 11) is 0. The van der Waals surface area contributed by atoms with E-state index in [1.807, 2.05) is 18.5 Å². The molecule has 2 aromatic rings. The van der Waals surface area contributed by atoms with Crippen LogP contribution in [-0.2, 0) is 17.8 Å². The third-order valence-electron chi connectivity index (χ3n) is 3.62. The Morgan fingerprint density at radius 3 is 2.70 bits per heavy atom. The summed E-state index contributed by atoms with van der Waals surface area (Å²) in [5.74, 6) is -0.215. The summed E-state index contributed by atoms with van der Waals surface area (Å²) in [5.41, 5.74) is 3.41. The fourth-order valence-corrected chi connectivity index (χ4v) is 2.38. The molecule has 0 unspecified atom stereocenters. The van der Waals surface area contributed by atoms with Crippen molar-refractivity contribution >= 4 is 17.0 Å². The molecule has 1 N–H and O–H groups in total. The normalized spacial score (nSPS) is 11.4. The van der Waals surface area contributed by atoms with Crippen LogP contribution in [-0.4, -0.2) is 25.8 Å². The van der Waals surface area contributed by atoms with Crippen molar-refractivity contribution in [3.05, 3.63) is 23.0 Å². The van der Waals surface area contributed by atoms with Gasteiger partial charge in [0.25, 0.3) is 0 Å². The Morgan fingerprint density at radius 2 is 2.10 bits per heavy atom. The molecule has 0 bridgehead atoms. The quantitative estimate of drug-likeness (QED) is 0.911. The second kappa shape index (κ2) is 5.61. The Labute approximate surface area is 118 Å². The van der Waals surface area contributed by atoms with Crippen LogP contribution in [0.2, 0.25) is 0 Å². The second-order valence-electron chi connectivity index (χ2n) is 5.66. The first-order chi connectivity index (χ1) is 9.40. The van der Waals surface area contributed by atoms with E-state index in [1.54, 1.807) is 6.20 Å². The molecule has 5 nitrogen and oxygen atoms in total. The van der Waals surface area contributed by atoms with Gasteiger partial charge in [-0.15, -0.1) is 0 Å². The number of hydrogen-bond acceptors (Lipinski definition) is 3. The number of nitrogens with zero attached hydrogens (tertiary/aromatic N) is 3. The molecule has 2 aromatic heterocycles. The van der Waals surface area contributed by atoms with Crippen LogP contribution in [0.25, 0.3) is 11.0 Å². The SMILES string of the molecule is Cc1nc2c(cnn2CCC(C)C)c(C)c1CC(=O)O. The van der Waals surface area contributed by atoms with Crippen LogP contribution >= 0.6 is 0 Å². The number of carbonyl (C=O) groups is 1. The molecule has 0 spiro atoms. The van der Waals surface area contributed by atoms with E-state index < -0.39 is 5.97 Å². The van der Waals surface area contributed by atoms with E-state index >= 15 is 0 Å². The lowest BCUT2D eigenvalue weighted by Crippen LogP contribution is -2.08. The third kappa shape index (κ3) is 2.81. The molecule has 5 heteroatoms. The number of aryl methyl sites for hydroxylation is 3. The van der Waals surface area contributed by atoms with Crippen molar-refractivity contribution in [1.82, 2.24) is 14.8 Å². The van der Waals surface area contributed by atoms with E-state index in [0.717, 1.165) is 40.8 Å². The van der Waals surface area contributed by atoms with E-state index in [9.17, 15) is 4.79 Å². The minimum Gasteiger partial charge on any atom is -0.481 e. The fraction of sp³-hybridized carbons (Fsp3) is 0.533. The minimum absolute atomic E-state index is 0.0117. The highest BCUT2D eigenvalue weighted by molar-refractivity contribution is 5.82. The van der Waals surface area contributed by atoms with Crippen molar-refractivity contribution in [3.8, 4) is 0 Å². The topological polar surface area (TPSA) is 68.0 Å². The van der Waals surface area contributed by atoms with Gasteiger partial charge in [-0.05, 0) is 37.3 Å². The monoisotopic (exact) mass is 275 g/mol. The summed E-state index contributed by atoms with van der Waals surface area (Å²) in [5, 5.41) is 14.3. The molecule has 108 valence electrons. The van der Waals surface area contributed by atoms with Crippen molar-refractivity contribution in [2.75, 3.05) is 0 Å². The summed E-state index contributed by atoms with van der Waals surface area (Å²) in [6, 6.07) is 0. The van der Waals surface area contributed by atoms with Crippen molar-refractivity contribution in [3.63, 3.8) is 0 Å². The highest BCUT2D eigenvalue weighted by atomic mass is 16.4. The van der Waals surface area contributed by atoms with Crippen LogP contribution in [0.1, 0.15) is 37.1 Å². The van der Waals surface area contributed by atoms with Gasteiger partial charge in [-0.25, -0.2) is 9.67 Å². The van der Waals surface area contributed by atoms with E-state index in [2.05, 4.69) is 23.9 Å². The van der Waals surface area contributed by atoms with Gasteiger partial charge < -0.3 is 5.11 Å². The largest absolute Gasteiger partial charge is 0.481 e. The van der Waals surface area contributed by atoms with Crippen LogP contribution in [0, 0.1) is 19.8 Å². The number of pyridine rings is 1. The predicted octanol–water partition coefficient (Wildman–Crippen LogP) is 2.72. The van der Waals surface area contributed by atoms with Crippen molar-refractivity contribution < 1.29 is 9.90 Å². The molecule has 0 aromatic carbocycles. The van der Waals surface area contributed by atoms with E-state index in [0.29, 0.717) is 5.92 Å². The van der Waals surface area contributed by atoms with E-state index in [-0.39, 0.29) is 6.42 Å². The van der Waals surface area contributed by atoms with Gasteiger partial charge in [0, 0.05) is 17.6 Å². The maximum Gasteiger partial charge on any atom is 0.307 e. The molecule has 0 saturated heterocycles. The van der Waals surface area contributed by atoms with Gasteiger partial charge in [0.1, 0.15) is 0 Å². The number of rotatable bonds is 5. The number of carboxylic acid groups (broad SMARTS) is 1. The van der Waals surface area contributed by atoms with Gasteiger partial charge in [0.15, 0.2) is 5.65 Å². The van der Waals surface area contributed by atoms with Gasteiger partial charge >= 0.3 is 5.97 Å². The molecule has 0 radical (unpaired) electrons. The summed E-state index contributed by atoms with van der Waals surface area (Å²) in [6.45, 7) is 9.01. The van der Waals surface area contributed by atoms with Gasteiger partial charge in [0.2, 0.25) is 0 Å². The number of fused-ring (bicyclic) bond motifs is 1. The van der Waals surface area contributed by atoms with Crippen LogP contribution in [0.5, 0.6) is 0 Å². The Kier molecular flexibility index (Phi) is 4.06. The predicted molar refractivity (Wildman–Crippen MR) is 77.8 cm³/mol. The first-order valence-corrected chi connectivity index (χ1v) is 6.93. The number of aliphatic carboxylic acids is 1. The average Bonchev–Trinajstić information content (AvgIpc) is 2.74. The molecule has 0 amide bonds. The molecule has 0 aliphatic carbocycles. The zero-order chi connectivity index (χ0) is 14.9. The third-order valence-corrected chi connectivity index (χ3v) is 3.62. The minimum atomic E-state index is -0.829. The van der Waals surface area contributed by atoms with Crippen molar-refractivity contribution in [2.24, 2.45) is 5.92 Å². The summed E-state index contributed by atoms with van der Waals surface area (Å²) in [6.07, 6.45) is 2.86. The second-order valence-corrected chi connectivity index (χ2v) is 5.66. The Morgan fingerprint density at radius 1 is 1.40 bits per heavy atom. The molecule has 0 atom stereocenters. The Balaban J connectivity index is 2.45. The number of hydrogen-bond donors (Lipinski definition) is 1. The molecular weight excluding hydrogens is 254 g/mol. The molecule has 20 heavy (non-hydrogen) atoms. The van der Waals surface area contributed by atoms with Crippen molar-refractivity contribution in [1.29, 1.82) is 0 Å². The molecule has 2 heterocycles. The maximum atomic E-state index is 10.9. The van der Waals surface area contributed by atoms with Gasteiger partial charge in [-0.1, -0.05) is 13.8 Å². The Hall–Kier alpha value is -1.91. The summed E-state index contributed by atoms with van der Waals surface area (Å²) < 4.78 is 1.92. The van der Waals surface area contributed by atoms with Crippen LogP contribution < -0.4 is 0 Å². The summed E-state index contributed by atoms with van der Waals surface area (Å²) >= 11 is 0. The van der Waals surface area contributed by atoms with Crippen LogP contribution in [0.3, 0.4) is 0 Å². The van der Waals surface area contributed by atoms with Crippen LogP contribution in [0.15, 0.2) is 6.20 Å². The molecular formula is C15H21N3O2. The number of aromatic nitrogens is 3. The van der Waals surface area contributed by atoms with Gasteiger partial charge in [-0.2, -0.15) is 5.10 Å². The van der Waals surface area contributed by atoms with Gasteiger partial charge in [-0.3, -0.25) is 4.79 Å². The lowest BCUT2D eigenvalue weighted by atomic mass is 10.0. The molecule has 0 aliphatic rings. The fourth-order valence-electron chi connectivity index (χ4n) is 2.38. The standard InChI is InChI=1S/C15H21N3O2/c1-9(2)5-6-18-15-13(8-16-18)10(3)12(7-14(19)20)11(4)17-15/h8-9H,5-7H2,1-4H3,(H,19,20). The Bertz CT molecular complexity index is 644. The van der Waals surface area contributed by atoms with Gasteiger partial charge in [0.05, 0.1) is 12.6 Å². The average molecular weight is 275 g/mol. The number of carboxylic acids is 1. The lowest BCUT2D eigenvalue weighted by Gasteiger charge is -2.10. The highest BCUT2D eigenvalue weighted by Crippen LogP contribution is 2.23. The smallest absolute Gasteiger partial charge is 0.307 e. The van der Waals surface area contributed by atoms with E-state index in [4.69, 9.17) is 5.11 Å². The van der Waals surface area contributed by atoms with Crippen LogP contribution in [0.4, 0.5) is 0 Å². The first kappa shape index (κ1) is 14.5. The molecule has 0 saturated carbocycles. The zero-order valence-electron chi connectivity index (χ0n) is 12.5. The van der Waals surface area contributed by atoms with E-state index in [1.165, 1.54) is 0 Å². The summed E-state index contributed by atoms with van der Waals surface area (Å²) in [4.78, 5) is 15.5. The highest BCUT2D eigenvalue weighted by Gasteiger charge is 2.15. The molecule has 0 aliphatic heterocycles. The first-order valence-electron chi connectivity index (χ1n) is 6.93. The van der Waals surface area contributed by atoms with Crippen molar-refractivity contribution in [2.45, 2.75) is 47.1 Å². The molecule has 2 rings (SSSR count). The zero-order valence-corrected chi connectivity index (χ0v) is 12.5. The lowest BCUT2D eigenvalue weighted by molar-refractivity contribution is -0.136.